The van der Waals surface area contributed by atoms with Crippen LogP contribution in [0.15, 0.2) is 53.0 Å². The van der Waals surface area contributed by atoms with E-state index in [2.05, 4.69) is 21.2 Å². The van der Waals surface area contributed by atoms with E-state index in [1.807, 2.05) is 38.1 Å². The molecular formula is C22H26BrClN2O3. The number of nitrogens with one attached hydrogen (secondary N) is 1. The van der Waals surface area contributed by atoms with Crippen molar-refractivity contribution in [3.05, 3.63) is 63.6 Å². The van der Waals surface area contributed by atoms with Crippen LogP contribution in [0.4, 0.5) is 0 Å². The first-order valence-electron chi connectivity index (χ1n) is 9.46. The first kappa shape index (κ1) is 23.2. The third kappa shape index (κ3) is 7.71. The van der Waals surface area contributed by atoms with E-state index in [1.54, 1.807) is 31.2 Å². The fraction of sp³-hybridized carbons (Fsp3) is 0.364. The Morgan fingerprint density at radius 1 is 1.07 bits per heavy atom. The van der Waals surface area contributed by atoms with Gasteiger partial charge < -0.3 is 15.0 Å². The van der Waals surface area contributed by atoms with Crippen LogP contribution >= 0.6 is 27.5 Å². The summed E-state index contributed by atoms with van der Waals surface area (Å²) in [4.78, 5) is 27.0. The highest BCUT2D eigenvalue weighted by molar-refractivity contribution is 9.10. The molecule has 5 nitrogen and oxygen atoms in total. The summed E-state index contributed by atoms with van der Waals surface area (Å²) in [5.41, 5.74) is 0.884. The molecular weight excluding hydrogens is 456 g/mol. The third-order valence-corrected chi connectivity index (χ3v) is 5.07. The molecule has 0 saturated carbocycles. The van der Waals surface area contributed by atoms with Crippen LogP contribution in [0.5, 0.6) is 5.75 Å². The van der Waals surface area contributed by atoms with Crippen LogP contribution in [0.2, 0.25) is 5.02 Å². The molecule has 2 amide bonds. The van der Waals surface area contributed by atoms with Crippen LogP contribution in [0, 0.1) is 5.92 Å². The van der Waals surface area contributed by atoms with E-state index in [4.69, 9.17) is 16.3 Å². The van der Waals surface area contributed by atoms with E-state index in [-0.39, 0.29) is 25.0 Å². The zero-order chi connectivity index (χ0) is 21.4. The Bertz CT molecular complexity index is 810. The highest BCUT2D eigenvalue weighted by Gasteiger charge is 2.26. The van der Waals surface area contributed by atoms with Gasteiger partial charge in [0.2, 0.25) is 5.91 Å². The monoisotopic (exact) mass is 480 g/mol. The summed E-state index contributed by atoms with van der Waals surface area (Å²) >= 11 is 9.32. The predicted molar refractivity (Wildman–Crippen MR) is 119 cm³/mol. The Balaban J connectivity index is 2.10. The number of amides is 2. The van der Waals surface area contributed by atoms with Crippen molar-refractivity contribution in [3.63, 3.8) is 0 Å². The molecule has 156 valence electrons. The molecule has 1 N–H and O–H groups in total. The van der Waals surface area contributed by atoms with E-state index in [9.17, 15) is 9.59 Å². The number of halogens is 2. The van der Waals surface area contributed by atoms with E-state index in [0.29, 0.717) is 23.2 Å². The van der Waals surface area contributed by atoms with Crippen LogP contribution in [0.25, 0.3) is 0 Å². The molecule has 2 aromatic rings. The molecule has 0 aliphatic carbocycles. The molecule has 0 saturated heterocycles. The van der Waals surface area contributed by atoms with Crippen LogP contribution in [-0.2, 0) is 16.1 Å². The molecule has 0 bridgehead atoms. The number of hydrogen-bond donors (Lipinski definition) is 1. The van der Waals surface area contributed by atoms with E-state index in [1.165, 1.54) is 4.90 Å². The first-order valence-corrected chi connectivity index (χ1v) is 10.6. The van der Waals surface area contributed by atoms with Gasteiger partial charge in [0.15, 0.2) is 6.61 Å². The van der Waals surface area contributed by atoms with E-state index in [0.717, 1.165) is 10.0 Å². The van der Waals surface area contributed by atoms with Crippen molar-refractivity contribution in [1.82, 2.24) is 10.2 Å². The van der Waals surface area contributed by atoms with Gasteiger partial charge in [-0.2, -0.15) is 0 Å². The second kappa shape index (κ2) is 11.2. The molecule has 2 rings (SSSR count). The minimum Gasteiger partial charge on any atom is -0.484 e. The summed E-state index contributed by atoms with van der Waals surface area (Å²) in [5, 5.41) is 3.51. The second-order valence-corrected chi connectivity index (χ2v) is 8.56. The number of hydrogen-bond acceptors (Lipinski definition) is 3. The molecule has 0 fully saturated rings. The van der Waals surface area contributed by atoms with Gasteiger partial charge in [0.05, 0.1) is 0 Å². The Hall–Kier alpha value is -2.05. The predicted octanol–water partition coefficient (Wildman–Crippen LogP) is 4.67. The summed E-state index contributed by atoms with van der Waals surface area (Å²) in [5.74, 6) is 0.455. The first-order chi connectivity index (χ1) is 13.8. The van der Waals surface area contributed by atoms with Gasteiger partial charge in [0, 0.05) is 22.6 Å². The molecule has 2 aromatic carbocycles. The lowest BCUT2D eigenvalue weighted by Gasteiger charge is -2.29. The zero-order valence-corrected chi connectivity index (χ0v) is 19.2. The molecule has 0 heterocycles. The average molecular weight is 482 g/mol. The number of carbonyl (C=O) groups is 2. The summed E-state index contributed by atoms with van der Waals surface area (Å²) in [6, 6.07) is 13.8. The Kier molecular flexibility index (Phi) is 8.99. The van der Waals surface area contributed by atoms with Crippen LogP contribution in [0.1, 0.15) is 26.3 Å². The second-order valence-electron chi connectivity index (χ2n) is 7.21. The van der Waals surface area contributed by atoms with E-state index < -0.39 is 6.04 Å². The highest BCUT2D eigenvalue weighted by Crippen LogP contribution is 2.17. The van der Waals surface area contributed by atoms with Crippen molar-refractivity contribution in [1.29, 1.82) is 0 Å². The summed E-state index contributed by atoms with van der Waals surface area (Å²) < 4.78 is 6.55. The minimum atomic E-state index is -0.634. The fourth-order valence-corrected chi connectivity index (χ4v) is 2.97. The van der Waals surface area contributed by atoms with Crippen molar-refractivity contribution in [2.75, 3.05) is 13.2 Å². The van der Waals surface area contributed by atoms with Gasteiger partial charge in [-0.3, -0.25) is 9.59 Å². The van der Waals surface area contributed by atoms with Gasteiger partial charge in [-0.25, -0.2) is 0 Å². The quantitative estimate of drug-likeness (QED) is 0.566. The summed E-state index contributed by atoms with van der Waals surface area (Å²) in [6.07, 6.45) is 0. The van der Waals surface area contributed by atoms with Crippen LogP contribution in [0.3, 0.4) is 0 Å². The minimum absolute atomic E-state index is 0.156. The number of ether oxygens (including phenoxy) is 1. The molecule has 0 aliphatic heterocycles. The number of carbonyl (C=O) groups excluding carboxylic acids is 2. The Morgan fingerprint density at radius 2 is 1.69 bits per heavy atom. The fourth-order valence-electron chi connectivity index (χ4n) is 2.58. The van der Waals surface area contributed by atoms with Gasteiger partial charge in [-0.15, -0.1) is 0 Å². The van der Waals surface area contributed by atoms with E-state index >= 15 is 0 Å². The molecule has 0 unspecified atom stereocenters. The standard InChI is InChI=1S/C22H26BrClN2O3/c1-15(2)12-25-22(28)16(3)26(13-17-4-8-19(24)9-5-17)21(27)14-29-20-10-6-18(23)7-11-20/h4-11,15-16H,12-14H2,1-3H3,(H,25,28)/t16-/m1/s1. The van der Waals surface area contributed by atoms with Gasteiger partial charge in [0.25, 0.3) is 5.91 Å². The smallest absolute Gasteiger partial charge is 0.261 e. The maximum atomic E-state index is 12.9. The van der Waals surface area contributed by atoms with Crippen molar-refractivity contribution in [3.8, 4) is 5.75 Å². The maximum Gasteiger partial charge on any atom is 0.261 e. The van der Waals surface area contributed by atoms with Gasteiger partial charge in [0.1, 0.15) is 11.8 Å². The van der Waals surface area contributed by atoms with Crippen molar-refractivity contribution in [2.45, 2.75) is 33.4 Å². The van der Waals surface area contributed by atoms with Crippen molar-refractivity contribution < 1.29 is 14.3 Å². The van der Waals surface area contributed by atoms with Gasteiger partial charge >= 0.3 is 0 Å². The average Bonchev–Trinajstić information content (AvgIpc) is 2.70. The largest absolute Gasteiger partial charge is 0.484 e. The van der Waals surface area contributed by atoms with Crippen LogP contribution < -0.4 is 10.1 Å². The lowest BCUT2D eigenvalue weighted by molar-refractivity contribution is -0.142. The third-order valence-electron chi connectivity index (χ3n) is 4.29. The molecule has 29 heavy (non-hydrogen) atoms. The number of rotatable bonds is 9. The number of benzene rings is 2. The number of nitrogens with zero attached hydrogens (tertiary/aromatic N) is 1. The Labute approximate surface area is 185 Å². The zero-order valence-electron chi connectivity index (χ0n) is 16.8. The molecule has 0 spiro atoms. The molecule has 0 aliphatic rings. The maximum absolute atomic E-state index is 12.9. The normalized spacial score (nSPS) is 11.8. The van der Waals surface area contributed by atoms with Gasteiger partial charge in [-0.05, 0) is 54.8 Å². The lowest BCUT2D eigenvalue weighted by atomic mass is 10.1. The SMILES string of the molecule is CC(C)CNC(=O)[C@@H](C)N(Cc1ccc(Cl)cc1)C(=O)COc1ccc(Br)cc1. The van der Waals surface area contributed by atoms with Crippen LogP contribution in [-0.4, -0.2) is 35.9 Å². The molecule has 7 heteroatoms. The van der Waals surface area contributed by atoms with Gasteiger partial charge in [-0.1, -0.05) is 53.5 Å². The lowest BCUT2D eigenvalue weighted by Crippen LogP contribution is -2.49. The highest BCUT2D eigenvalue weighted by atomic mass is 79.9. The Morgan fingerprint density at radius 3 is 2.28 bits per heavy atom. The van der Waals surface area contributed by atoms with Crippen molar-refractivity contribution in [2.24, 2.45) is 5.92 Å². The summed E-state index contributed by atoms with van der Waals surface area (Å²) in [6.45, 7) is 6.46. The molecule has 0 aromatic heterocycles. The topological polar surface area (TPSA) is 58.6 Å². The van der Waals surface area contributed by atoms with Crippen molar-refractivity contribution >= 4 is 39.3 Å². The molecule has 1 atom stereocenters. The summed E-state index contributed by atoms with van der Waals surface area (Å²) in [7, 11) is 0. The molecule has 0 radical (unpaired) electrons.